The van der Waals surface area contributed by atoms with Crippen LogP contribution in [0, 0.1) is 0 Å². The fraction of sp³-hybridized carbons (Fsp3) is 0.500. The Kier molecular flexibility index (Phi) is 5.21. The van der Waals surface area contributed by atoms with Gasteiger partial charge >= 0.3 is 6.03 Å². The van der Waals surface area contributed by atoms with Gasteiger partial charge in [-0.2, -0.15) is 0 Å². The minimum absolute atomic E-state index is 0.0472. The van der Waals surface area contributed by atoms with E-state index >= 15 is 0 Å². The number of aromatic nitrogens is 2. The number of fused-ring (bicyclic) bond motifs is 1. The lowest BCUT2D eigenvalue weighted by Crippen LogP contribution is -2.45. The van der Waals surface area contributed by atoms with Crippen LogP contribution in [0.1, 0.15) is 25.8 Å². The number of H-pyrrole nitrogens is 1. The van der Waals surface area contributed by atoms with Crippen molar-refractivity contribution in [3.63, 3.8) is 0 Å². The molecule has 3 amide bonds. The van der Waals surface area contributed by atoms with Crippen LogP contribution in [-0.4, -0.2) is 63.9 Å². The molecule has 1 aromatic heterocycles. The van der Waals surface area contributed by atoms with Crippen LogP contribution >= 0.6 is 0 Å². The number of rotatable bonds is 3. The molecule has 0 atom stereocenters. The molecule has 1 saturated heterocycles. The number of benzene rings is 1. The van der Waals surface area contributed by atoms with Crippen molar-refractivity contribution in [2.75, 3.05) is 26.2 Å². The van der Waals surface area contributed by atoms with Gasteiger partial charge in [0.05, 0.1) is 23.8 Å². The Morgan fingerprint density at radius 3 is 2.76 bits per heavy atom. The van der Waals surface area contributed by atoms with Gasteiger partial charge in [-0.05, 0) is 38.0 Å². The molecule has 1 aliphatic heterocycles. The summed E-state index contributed by atoms with van der Waals surface area (Å²) in [6.07, 6.45) is 2.83. The number of hydrogen-bond donors (Lipinski definition) is 2. The van der Waals surface area contributed by atoms with Gasteiger partial charge in [-0.1, -0.05) is 6.07 Å². The van der Waals surface area contributed by atoms with Crippen molar-refractivity contribution >= 4 is 23.0 Å². The van der Waals surface area contributed by atoms with Crippen LogP contribution in [0.4, 0.5) is 4.79 Å². The summed E-state index contributed by atoms with van der Waals surface area (Å²) in [6, 6.07) is 5.91. The molecule has 0 saturated carbocycles. The van der Waals surface area contributed by atoms with E-state index in [1.807, 2.05) is 36.9 Å². The van der Waals surface area contributed by atoms with E-state index in [0.29, 0.717) is 32.6 Å². The maximum Gasteiger partial charge on any atom is 0.317 e. The average molecular weight is 343 g/mol. The van der Waals surface area contributed by atoms with Gasteiger partial charge in [-0.25, -0.2) is 9.78 Å². The molecule has 25 heavy (non-hydrogen) atoms. The number of carbonyl (C=O) groups excluding carboxylic acids is 2. The summed E-state index contributed by atoms with van der Waals surface area (Å²) in [6.45, 7) is 6.42. The number of nitrogens with zero attached hydrogens (tertiary/aromatic N) is 3. The molecule has 0 bridgehead atoms. The van der Waals surface area contributed by atoms with Crippen molar-refractivity contribution in [1.82, 2.24) is 25.1 Å². The lowest BCUT2D eigenvalue weighted by molar-refractivity contribution is -0.130. The second-order valence-corrected chi connectivity index (χ2v) is 6.76. The zero-order valence-corrected chi connectivity index (χ0v) is 14.8. The van der Waals surface area contributed by atoms with E-state index in [1.165, 1.54) is 0 Å². The smallest absolute Gasteiger partial charge is 0.317 e. The van der Waals surface area contributed by atoms with Crippen molar-refractivity contribution in [2.24, 2.45) is 0 Å². The molecule has 0 unspecified atom stereocenters. The number of amides is 3. The van der Waals surface area contributed by atoms with Crippen LogP contribution in [0.15, 0.2) is 24.5 Å². The predicted molar refractivity (Wildman–Crippen MR) is 96.2 cm³/mol. The minimum atomic E-state index is -0.0472. The molecule has 0 aliphatic carbocycles. The van der Waals surface area contributed by atoms with Gasteiger partial charge in [-0.15, -0.1) is 0 Å². The third kappa shape index (κ3) is 4.29. The highest BCUT2D eigenvalue weighted by Gasteiger charge is 2.22. The summed E-state index contributed by atoms with van der Waals surface area (Å²) in [5.41, 5.74) is 2.82. The van der Waals surface area contributed by atoms with E-state index in [1.54, 1.807) is 11.2 Å². The number of imidazole rings is 1. The van der Waals surface area contributed by atoms with Gasteiger partial charge in [0.25, 0.3) is 0 Å². The lowest BCUT2D eigenvalue weighted by atomic mass is 10.1. The first-order valence-corrected chi connectivity index (χ1v) is 8.78. The summed E-state index contributed by atoms with van der Waals surface area (Å²) in [5, 5.41) is 2.91. The molecule has 0 radical (unpaired) electrons. The number of urea groups is 1. The Hall–Kier alpha value is -2.57. The molecule has 2 N–H and O–H groups in total. The minimum Gasteiger partial charge on any atom is -0.345 e. The summed E-state index contributed by atoms with van der Waals surface area (Å²) < 4.78 is 0. The van der Waals surface area contributed by atoms with E-state index in [2.05, 4.69) is 15.3 Å². The molecule has 2 heterocycles. The van der Waals surface area contributed by atoms with E-state index in [9.17, 15) is 9.59 Å². The predicted octanol–water partition coefficient (Wildman–Crippen LogP) is 1.76. The molecular weight excluding hydrogens is 318 g/mol. The van der Waals surface area contributed by atoms with Crippen LogP contribution in [0.5, 0.6) is 0 Å². The molecule has 1 aliphatic rings. The number of hydrogen-bond acceptors (Lipinski definition) is 3. The SMILES string of the molecule is CC(C)NC(=O)N1CCCN(C(=O)Cc2ccc3nc[nH]c3c2)CC1. The molecule has 3 rings (SSSR count). The molecule has 2 aromatic rings. The first-order chi connectivity index (χ1) is 12.0. The molecule has 7 heteroatoms. The Morgan fingerprint density at radius 1 is 1.20 bits per heavy atom. The first kappa shape index (κ1) is 17.3. The maximum atomic E-state index is 12.6. The Morgan fingerprint density at radius 2 is 1.96 bits per heavy atom. The third-order valence-corrected chi connectivity index (χ3v) is 4.39. The Labute approximate surface area is 147 Å². The van der Waals surface area contributed by atoms with Crippen molar-refractivity contribution in [2.45, 2.75) is 32.7 Å². The monoisotopic (exact) mass is 343 g/mol. The molecule has 134 valence electrons. The highest BCUT2D eigenvalue weighted by Crippen LogP contribution is 2.14. The second-order valence-electron chi connectivity index (χ2n) is 6.76. The third-order valence-electron chi connectivity index (χ3n) is 4.39. The second kappa shape index (κ2) is 7.55. The lowest BCUT2D eigenvalue weighted by Gasteiger charge is -2.23. The van der Waals surface area contributed by atoms with Gasteiger partial charge in [0, 0.05) is 32.2 Å². The number of carbonyl (C=O) groups is 2. The van der Waals surface area contributed by atoms with E-state index < -0.39 is 0 Å². The Balaban J connectivity index is 1.58. The summed E-state index contributed by atoms with van der Waals surface area (Å²) in [5.74, 6) is 0.102. The fourth-order valence-electron chi connectivity index (χ4n) is 3.09. The van der Waals surface area contributed by atoms with Crippen molar-refractivity contribution < 1.29 is 9.59 Å². The fourth-order valence-corrected chi connectivity index (χ4v) is 3.09. The first-order valence-electron chi connectivity index (χ1n) is 8.78. The van der Waals surface area contributed by atoms with Gasteiger partial charge in [0.15, 0.2) is 0 Å². The van der Waals surface area contributed by atoms with Gasteiger partial charge < -0.3 is 20.1 Å². The molecular formula is C18H25N5O2. The standard InChI is InChI=1S/C18H25N5O2/c1-13(2)21-18(25)23-7-3-6-22(8-9-23)17(24)11-14-4-5-15-16(10-14)20-12-19-15/h4-5,10,12-13H,3,6-9,11H2,1-2H3,(H,19,20)(H,21,25). The zero-order chi connectivity index (χ0) is 17.8. The summed E-state index contributed by atoms with van der Waals surface area (Å²) in [4.78, 5) is 35.7. The van der Waals surface area contributed by atoms with Crippen molar-refractivity contribution in [3.05, 3.63) is 30.1 Å². The van der Waals surface area contributed by atoms with Crippen LogP contribution in [0.25, 0.3) is 11.0 Å². The van der Waals surface area contributed by atoms with Crippen LogP contribution in [0.2, 0.25) is 0 Å². The highest BCUT2D eigenvalue weighted by molar-refractivity contribution is 5.82. The van der Waals surface area contributed by atoms with Gasteiger partial charge in [-0.3, -0.25) is 4.79 Å². The Bertz CT molecular complexity index is 755. The quantitative estimate of drug-likeness (QED) is 0.891. The summed E-state index contributed by atoms with van der Waals surface area (Å²) >= 11 is 0. The van der Waals surface area contributed by atoms with Crippen molar-refractivity contribution in [3.8, 4) is 0 Å². The van der Waals surface area contributed by atoms with E-state index in [-0.39, 0.29) is 18.0 Å². The normalized spacial score (nSPS) is 15.5. The van der Waals surface area contributed by atoms with E-state index in [0.717, 1.165) is 23.0 Å². The van der Waals surface area contributed by atoms with Crippen molar-refractivity contribution in [1.29, 1.82) is 0 Å². The van der Waals surface area contributed by atoms with Gasteiger partial charge in [0.2, 0.25) is 5.91 Å². The summed E-state index contributed by atoms with van der Waals surface area (Å²) in [7, 11) is 0. The largest absolute Gasteiger partial charge is 0.345 e. The van der Waals surface area contributed by atoms with Crippen LogP contribution in [-0.2, 0) is 11.2 Å². The van der Waals surface area contributed by atoms with E-state index in [4.69, 9.17) is 0 Å². The zero-order valence-electron chi connectivity index (χ0n) is 14.8. The number of aromatic amines is 1. The highest BCUT2D eigenvalue weighted by atomic mass is 16.2. The molecule has 1 fully saturated rings. The number of nitrogens with one attached hydrogen (secondary N) is 2. The van der Waals surface area contributed by atoms with Gasteiger partial charge in [0.1, 0.15) is 0 Å². The van der Waals surface area contributed by atoms with Crippen LogP contribution in [0.3, 0.4) is 0 Å². The molecule has 1 aromatic carbocycles. The van der Waals surface area contributed by atoms with Crippen LogP contribution < -0.4 is 5.32 Å². The maximum absolute atomic E-state index is 12.6. The topological polar surface area (TPSA) is 81.3 Å². The average Bonchev–Trinajstić information content (AvgIpc) is 2.88. The molecule has 7 nitrogen and oxygen atoms in total. The molecule has 0 spiro atoms.